The summed E-state index contributed by atoms with van der Waals surface area (Å²) in [6, 6.07) is 8.07. The maximum absolute atomic E-state index is 9.18. The molecule has 0 saturated carbocycles. The molecule has 110 valence electrons. The molecule has 1 aromatic heterocycles. The highest BCUT2D eigenvalue weighted by atomic mass is 16.3. The van der Waals surface area contributed by atoms with Gasteiger partial charge in [-0.05, 0) is 12.5 Å². The normalized spacial score (nSPS) is 11.6. The van der Waals surface area contributed by atoms with Crippen molar-refractivity contribution in [3.05, 3.63) is 35.6 Å². The third-order valence-corrected chi connectivity index (χ3v) is 3.53. The molecular weight excluding hydrogens is 254 g/mol. The van der Waals surface area contributed by atoms with Crippen LogP contribution in [0.4, 0.5) is 0 Å². The summed E-state index contributed by atoms with van der Waals surface area (Å²) in [5, 5.41) is 19.3. The van der Waals surface area contributed by atoms with Gasteiger partial charge < -0.3 is 14.6 Å². The second kappa shape index (κ2) is 7.43. The first-order chi connectivity index (χ1) is 9.80. The monoisotopic (exact) mass is 277 g/mol. The van der Waals surface area contributed by atoms with Crippen LogP contribution < -0.4 is 0 Å². The van der Waals surface area contributed by atoms with Gasteiger partial charge in [0.2, 0.25) is 0 Å². The van der Waals surface area contributed by atoms with Gasteiger partial charge in [-0.25, -0.2) is 0 Å². The maximum Gasteiger partial charge on any atom is 0.134 e. The molecule has 4 heteroatoms. The summed E-state index contributed by atoms with van der Waals surface area (Å²) in [5.41, 5.74) is 2.12. The fourth-order valence-electron chi connectivity index (χ4n) is 2.54. The molecule has 2 aromatic rings. The van der Waals surface area contributed by atoms with E-state index in [0.29, 0.717) is 6.54 Å². The van der Waals surface area contributed by atoms with E-state index < -0.39 is 0 Å². The number of fused-ring (bicyclic) bond motifs is 1. The molecule has 1 heterocycles. The Balaban J connectivity index is 2.25. The molecule has 20 heavy (non-hydrogen) atoms. The molecule has 0 atom stereocenters. The van der Waals surface area contributed by atoms with Gasteiger partial charge in [0.1, 0.15) is 11.3 Å². The van der Waals surface area contributed by atoms with Gasteiger partial charge in [-0.3, -0.25) is 4.90 Å². The number of aliphatic hydroxyl groups is 2. The van der Waals surface area contributed by atoms with Crippen LogP contribution in [0.1, 0.15) is 24.7 Å². The first kappa shape index (κ1) is 15.0. The third kappa shape index (κ3) is 3.39. The number of hydrogen-bond acceptors (Lipinski definition) is 4. The van der Waals surface area contributed by atoms with E-state index in [1.165, 1.54) is 5.56 Å². The Hall–Kier alpha value is -1.36. The lowest BCUT2D eigenvalue weighted by Crippen LogP contribution is -2.28. The summed E-state index contributed by atoms with van der Waals surface area (Å²) < 4.78 is 5.89. The van der Waals surface area contributed by atoms with Gasteiger partial charge in [-0.1, -0.05) is 25.1 Å². The van der Waals surface area contributed by atoms with Crippen LogP contribution in [0.5, 0.6) is 0 Å². The third-order valence-electron chi connectivity index (χ3n) is 3.53. The van der Waals surface area contributed by atoms with Crippen molar-refractivity contribution in [3.63, 3.8) is 0 Å². The molecule has 0 aliphatic heterocycles. The smallest absolute Gasteiger partial charge is 0.134 e. The molecular formula is C16H23NO3. The van der Waals surface area contributed by atoms with E-state index in [1.807, 2.05) is 18.2 Å². The zero-order chi connectivity index (χ0) is 14.4. The van der Waals surface area contributed by atoms with Crippen molar-refractivity contribution >= 4 is 11.0 Å². The summed E-state index contributed by atoms with van der Waals surface area (Å²) in [6.45, 7) is 4.53. The Morgan fingerprint density at radius 2 is 1.90 bits per heavy atom. The molecule has 4 nitrogen and oxygen atoms in total. The van der Waals surface area contributed by atoms with Crippen molar-refractivity contribution in [2.75, 3.05) is 26.3 Å². The average molecular weight is 277 g/mol. The topological polar surface area (TPSA) is 56.8 Å². The summed E-state index contributed by atoms with van der Waals surface area (Å²) in [5.74, 6) is 1.01. The number of hydrogen-bond donors (Lipinski definition) is 2. The van der Waals surface area contributed by atoms with Gasteiger partial charge in [0.25, 0.3) is 0 Å². The Kier molecular flexibility index (Phi) is 5.59. The zero-order valence-electron chi connectivity index (χ0n) is 12.0. The zero-order valence-corrected chi connectivity index (χ0v) is 12.0. The Labute approximate surface area is 119 Å². The second-order valence-electron chi connectivity index (χ2n) is 4.93. The number of nitrogens with zero attached hydrogens (tertiary/aromatic N) is 1. The molecule has 0 spiro atoms. The van der Waals surface area contributed by atoms with Gasteiger partial charge in [0, 0.05) is 43.6 Å². The highest BCUT2D eigenvalue weighted by Crippen LogP contribution is 2.27. The van der Waals surface area contributed by atoms with Gasteiger partial charge in [0.05, 0.1) is 6.61 Å². The van der Waals surface area contributed by atoms with E-state index in [4.69, 9.17) is 9.52 Å². The van der Waals surface area contributed by atoms with Crippen LogP contribution in [-0.4, -0.2) is 41.4 Å². The van der Waals surface area contributed by atoms with Gasteiger partial charge in [-0.15, -0.1) is 0 Å². The fourth-order valence-corrected chi connectivity index (χ4v) is 2.54. The molecule has 2 N–H and O–H groups in total. The van der Waals surface area contributed by atoms with E-state index in [2.05, 4.69) is 17.9 Å². The fraction of sp³-hybridized carbons (Fsp3) is 0.500. The molecule has 0 saturated heterocycles. The van der Waals surface area contributed by atoms with Crippen LogP contribution in [0.2, 0.25) is 0 Å². The average Bonchev–Trinajstić information content (AvgIpc) is 2.83. The minimum Gasteiger partial charge on any atom is -0.461 e. The van der Waals surface area contributed by atoms with Gasteiger partial charge >= 0.3 is 0 Å². The molecule has 0 bridgehead atoms. The first-order valence-corrected chi connectivity index (χ1v) is 7.23. The summed E-state index contributed by atoms with van der Waals surface area (Å²) >= 11 is 0. The van der Waals surface area contributed by atoms with Crippen molar-refractivity contribution in [1.29, 1.82) is 0 Å². The lowest BCUT2D eigenvalue weighted by molar-refractivity contribution is 0.174. The summed E-state index contributed by atoms with van der Waals surface area (Å²) in [6.07, 6.45) is 1.58. The van der Waals surface area contributed by atoms with Crippen molar-refractivity contribution in [2.24, 2.45) is 0 Å². The second-order valence-corrected chi connectivity index (χ2v) is 4.93. The van der Waals surface area contributed by atoms with Crippen LogP contribution in [0.3, 0.4) is 0 Å². The van der Waals surface area contributed by atoms with Crippen LogP contribution in [0.15, 0.2) is 28.7 Å². The van der Waals surface area contributed by atoms with Crippen LogP contribution in [-0.2, 0) is 13.0 Å². The molecule has 1 aromatic carbocycles. The lowest BCUT2D eigenvalue weighted by Gasteiger charge is -2.20. The molecule has 0 aliphatic rings. The Morgan fingerprint density at radius 3 is 2.60 bits per heavy atom. The highest BCUT2D eigenvalue weighted by Gasteiger charge is 2.15. The van der Waals surface area contributed by atoms with Crippen LogP contribution >= 0.6 is 0 Å². The molecule has 0 aliphatic carbocycles. The molecule has 0 fully saturated rings. The Bertz CT molecular complexity index is 536. The van der Waals surface area contributed by atoms with Gasteiger partial charge in [-0.2, -0.15) is 0 Å². The highest BCUT2D eigenvalue weighted by molar-refractivity contribution is 5.82. The lowest BCUT2D eigenvalue weighted by atomic mass is 10.1. The molecule has 2 rings (SSSR count). The van der Waals surface area contributed by atoms with Gasteiger partial charge in [0.15, 0.2) is 0 Å². The van der Waals surface area contributed by atoms with Crippen molar-refractivity contribution in [2.45, 2.75) is 26.3 Å². The van der Waals surface area contributed by atoms with E-state index in [0.717, 1.165) is 42.7 Å². The minimum absolute atomic E-state index is 0.128. The first-order valence-electron chi connectivity index (χ1n) is 7.23. The number of furan rings is 1. The number of benzene rings is 1. The van der Waals surface area contributed by atoms with Crippen LogP contribution in [0, 0.1) is 0 Å². The number of para-hydroxylation sites is 1. The summed E-state index contributed by atoms with van der Waals surface area (Å²) in [4.78, 5) is 2.16. The minimum atomic E-state index is 0.128. The predicted molar refractivity (Wildman–Crippen MR) is 79.7 cm³/mol. The number of aliphatic hydroxyl groups excluding tert-OH is 2. The van der Waals surface area contributed by atoms with E-state index in [-0.39, 0.29) is 13.2 Å². The Morgan fingerprint density at radius 1 is 1.10 bits per heavy atom. The summed E-state index contributed by atoms with van der Waals surface area (Å²) in [7, 11) is 0. The molecule has 0 unspecified atom stereocenters. The van der Waals surface area contributed by atoms with Crippen molar-refractivity contribution < 1.29 is 14.6 Å². The van der Waals surface area contributed by atoms with E-state index in [9.17, 15) is 5.11 Å². The van der Waals surface area contributed by atoms with E-state index >= 15 is 0 Å². The standard InChI is InChI=1S/C16H23NO3/c1-2-15-14(12-17(9-11-19)8-5-10-18)13-6-3-4-7-16(13)20-15/h3-4,6-7,18-19H,2,5,8-12H2,1H3. The maximum atomic E-state index is 9.18. The molecule has 0 radical (unpaired) electrons. The number of aryl methyl sites for hydroxylation is 1. The van der Waals surface area contributed by atoms with Crippen molar-refractivity contribution in [1.82, 2.24) is 4.90 Å². The SMILES string of the molecule is CCc1oc2ccccc2c1CN(CCO)CCCO. The predicted octanol–water partition coefficient (Wildman–Crippen LogP) is 2.17. The van der Waals surface area contributed by atoms with Crippen LogP contribution in [0.25, 0.3) is 11.0 Å². The van der Waals surface area contributed by atoms with E-state index in [1.54, 1.807) is 0 Å². The largest absolute Gasteiger partial charge is 0.461 e. The quantitative estimate of drug-likeness (QED) is 0.776. The van der Waals surface area contributed by atoms with Crippen molar-refractivity contribution in [3.8, 4) is 0 Å². The molecule has 0 amide bonds. The number of rotatable bonds is 8.